The zero-order valence-electron chi connectivity index (χ0n) is 11.3. The summed E-state index contributed by atoms with van der Waals surface area (Å²) in [4.78, 5) is 23.5. The Bertz CT molecular complexity index is 771. The van der Waals surface area contributed by atoms with E-state index in [1.54, 1.807) is 0 Å². The van der Waals surface area contributed by atoms with Crippen LogP contribution >= 0.6 is 34.8 Å². The first kappa shape index (κ1) is 17.3. The van der Waals surface area contributed by atoms with Gasteiger partial charge in [0.25, 0.3) is 5.91 Å². The summed E-state index contributed by atoms with van der Waals surface area (Å²) < 4.78 is 13.5. The van der Waals surface area contributed by atoms with Crippen LogP contribution in [0.15, 0.2) is 36.4 Å². The quantitative estimate of drug-likeness (QED) is 0.701. The number of imide groups is 1. The fourth-order valence-electron chi connectivity index (χ4n) is 1.59. The van der Waals surface area contributed by atoms with Crippen molar-refractivity contribution in [3.63, 3.8) is 0 Å². The van der Waals surface area contributed by atoms with Gasteiger partial charge in [0, 0.05) is 10.0 Å². The van der Waals surface area contributed by atoms with E-state index in [2.05, 4.69) is 10.9 Å². The highest BCUT2D eigenvalue weighted by atomic mass is 35.5. The van der Waals surface area contributed by atoms with Crippen LogP contribution in [0.1, 0.15) is 10.4 Å². The minimum Gasteiger partial charge on any atom is -0.294 e. The lowest BCUT2D eigenvalue weighted by Crippen LogP contribution is -2.42. The third-order valence-electron chi connectivity index (χ3n) is 2.64. The number of hydrogen-bond donors (Lipinski definition) is 3. The van der Waals surface area contributed by atoms with E-state index in [1.165, 1.54) is 30.3 Å². The molecule has 9 heteroatoms. The second kappa shape index (κ2) is 7.50. The molecular weight excluding hydrogens is 368 g/mol. The van der Waals surface area contributed by atoms with Gasteiger partial charge in [-0.3, -0.25) is 21.0 Å². The zero-order chi connectivity index (χ0) is 17.0. The summed E-state index contributed by atoms with van der Waals surface area (Å²) in [5, 5.41) is 2.70. The summed E-state index contributed by atoms with van der Waals surface area (Å²) in [6, 6.07) is 7.15. The number of nitrogens with one attached hydrogen (secondary N) is 3. The number of benzene rings is 2. The second-order valence-electron chi connectivity index (χ2n) is 4.28. The number of carbonyl (C=O) groups is 2. The van der Waals surface area contributed by atoms with Crippen molar-refractivity contribution in [1.29, 1.82) is 0 Å². The average Bonchev–Trinajstić information content (AvgIpc) is 2.46. The number of halogens is 4. The van der Waals surface area contributed by atoms with Gasteiger partial charge in [-0.1, -0.05) is 34.8 Å². The summed E-state index contributed by atoms with van der Waals surface area (Å²) in [5.41, 5.74) is 4.50. The minimum absolute atomic E-state index is 0.0125. The normalized spacial score (nSPS) is 10.1. The molecule has 2 aromatic carbocycles. The number of urea groups is 1. The van der Waals surface area contributed by atoms with E-state index in [4.69, 9.17) is 34.8 Å². The van der Waals surface area contributed by atoms with Crippen LogP contribution in [0, 0.1) is 5.82 Å². The van der Waals surface area contributed by atoms with Crippen molar-refractivity contribution < 1.29 is 14.0 Å². The van der Waals surface area contributed by atoms with E-state index in [0.29, 0.717) is 5.02 Å². The van der Waals surface area contributed by atoms with Crippen molar-refractivity contribution in [1.82, 2.24) is 10.7 Å². The highest BCUT2D eigenvalue weighted by Crippen LogP contribution is 2.21. The Balaban J connectivity index is 1.95. The molecule has 120 valence electrons. The molecule has 0 unspecified atom stereocenters. The number of anilines is 1. The Kier molecular flexibility index (Phi) is 5.65. The smallest absolute Gasteiger partial charge is 0.294 e. The van der Waals surface area contributed by atoms with Crippen LogP contribution in [0.5, 0.6) is 0 Å². The maximum atomic E-state index is 13.5. The van der Waals surface area contributed by atoms with Gasteiger partial charge >= 0.3 is 6.03 Å². The predicted molar refractivity (Wildman–Crippen MR) is 87.5 cm³/mol. The summed E-state index contributed by atoms with van der Waals surface area (Å²) >= 11 is 17.2. The lowest BCUT2D eigenvalue weighted by Gasteiger charge is -2.10. The first-order valence-corrected chi connectivity index (χ1v) is 7.27. The fourth-order valence-corrected chi connectivity index (χ4v) is 2.24. The highest BCUT2D eigenvalue weighted by molar-refractivity contribution is 6.37. The van der Waals surface area contributed by atoms with Crippen LogP contribution < -0.4 is 16.2 Å². The molecule has 0 aliphatic rings. The Morgan fingerprint density at radius 2 is 1.61 bits per heavy atom. The number of hydrazine groups is 1. The van der Waals surface area contributed by atoms with Crippen LogP contribution in [0.25, 0.3) is 0 Å². The van der Waals surface area contributed by atoms with Crippen molar-refractivity contribution in [2.45, 2.75) is 0 Å². The van der Waals surface area contributed by atoms with Crippen LogP contribution in [0.4, 0.5) is 14.9 Å². The molecule has 0 atom stereocenters. The van der Waals surface area contributed by atoms with Crippen molar-refractivity contribution in [2.24, 2.45) is 0 Å². The SMILES string of the molecule is O=C(NNc1ccc(Cl)cc1F)NC(=O)c1ccc(Cl)cc1Cl. The third kappa shape index (κ3) is 4.72. The van der Waals surface area contributed by atoms with Crippen LogP contribution in [-0.4, -0.2) is 11.9 Å². The molecule has 23 heavy (non-hydrogen) atoms. The predicted octanol–water partition coefficient (Wildman–Crippen LogP) is 4.25. The first-order chi connectivity index (χ1) is 10.9. The standard InChI is InChI=1S/C14H9Cl3FN3O2/c15-7-1-3-9(10(17)5-7)13(22)19-14(23)21-20-12-4-2-8(16)6-11(12)18/h1-6,20H,(H2,19,21,22,23). The molecule has 0 fully saturated rings. The summed E-state index contributed by atoms with van der Waals surface area (Å²) in [7, 11) is 0. The Morgan fingerprint density at radius 3 is 2.26 bits per heavy atom. The fraction of sp³-hybridized carbons (Fsp3) is 0. The van der Waals surface area contributed by atoms with Gasteiger partial charge < -0.3 is 0 Å². The Hall–Kier alpha value is -2.02. The van der Waals surface area contributed by atoms with Gasteiger partial charge in [-0.2, -0.15) is 0 Å². The molecule has 3 amide bonds. The molecule has 0 spiro atoms. The summed E-state index contributed by atoms with van der Waals surface area (Å²) in [6.45, 7) is 0. The monoisotopic (exact) mass is 375 g/mol. The maximum absolute atomic E-state index is 13.5. The van der Waals surface area contributed by atoms with Crippen molar-refractivity contribution in [3.8, 4) is 0 Å². The molecule has 5 nitrogen and oxygen atoms in total. The molecule has 3 N–H and O–H groups in total. The van der Waals surface area contributed by atoms with Crippen molar-refractivity contribution in [3.05, 3.63) is 62.8 Å². The van der Waals surface area contributed by atoms with Crippen LogP contribution in [0.2, 0.25) is 15.1 Å². The van der Waals surface area contributed by atoms with Gasteiger partial charge in [0.1, 0.15) is 5.82 Å². The van der Waals surface area contributed by atoms with E-state index in [0.717, 1.165) is 6.07 Å². The van der Waals surface area contributed by atoms with E-state index < -0.39 is 17.8 Å². The number of hydrogen-bond acceptors (Lipinski definition) is 3. The van der Waals surface area contributed by atoms with E-state index >= 15 is 0 Å². The lowest BCUT2D eigenvalue weighted by molar-refractivity contribution is 0.0964. The molecular formula is C14H9Cl3FN3O2. The van der Waals surface area contributed by atoms with Crippen LogP contribution in [-0.2, 0) is 0 Å². The Labute approximate surface area is 145 Å². The molecule has 0 saturated carbocycles. The highest BCUT2D eigenvalue weighted by Gasteiger charge is 2.14. The van der Waals surface area contributed by atoms with E-state index in [-0.39, 0.29) is 21.3 Å². The number of carbonyl (C=O) groups excluding carboxylic acids is 2. The van der Waals surface area contributed by atoms with Gasteiger partial charge in [-0.15, -0.1) is 0 Å². The lowest BCUT2D eigenvalue weighted by atomic mass is 10.2. The molecule has 0 aromatic heterocycles. The maximum Gasteiger partial charge on any atom is 0.340 e. The molecule has 0 aliphatic carbocycles. The Morgan fingerprint density at radius 1 is 0.957 bits per heavy atom. The first-order valence-electron chi connectivity index (χ1n) is 6.14. The molecule has 0 radical (unpaired) electrons. The molecule has 0 heterocycles. The molecule has 0 bridgehead atoms. The van der Waals surface area contributed by atoms with E-state index in [1.807, 2.05) is 5.32 Å². The average molecular weight is 377 g/mol. The van der Waals surface area contributed by atoms with Gasteiger partial charge in [0.05, 0.1) is 16.3 Å². The largest absolute Gasteiger partial charge is 0.340 e. The van der Waals surface area contributed by atoms with Gasteiger partial charge in [0.15, 0.2) is 0 Å². The second-order valence-corrected chi connectivity index (χ2v) is 5.56. The zero-order valence-corrected chi connectivity index (χ0v) is 13.6. The topological polar surface area (TPSA) is 70.2 Å². The van der Waals surface area contributed by atoms with Gasteiger partial charge in [-0.05, 0) is 36.4 Å². The van der Waals surface area contributed by atoms with Crippen molar-refractivity contribution >= 4 is 52.4 Å². The number of rotatable bonds is 3. The third-order valence-corrected chi connectivity index (χ3v) is 3.43. The molecule has 2 rings (SSSR count). The molecule has 2 aromatic rings. The number of amides is 3. The van der Waals surface area contributed by atoms with Gasteiger partial charge in [-0.25, -0.2) is 9.18 Å². The molecule has 0 saturated heterocycles. The minimum atomic E-state index is -0.893. The van der Waals surface area contributed by atoms with E-state index in [9.17, 15) is 14.0 Å². The molecule has 0 aliphatic heterocycles. The van der Waals surface area contributed by atoms with Gasteiger partial charge in [0.2, 0.25) is 0 Å². The van der Waals surface area contributed by atoms with Crippen molar-refractivity contribution in [2.75, 3.05) is 5.43 Å². The van der Waals surface area contributed by atoms with Crippen LogP contribution in [0.3, 0.4) is 0 Å². The summed E-state index contributed by atoms with van der Waals surface area (Å²) in [5.74, 6) is -1.40. The summed E-state index contributed by atoms with van der Waals surface area (Å²) in [6.07, 6.45) is 0.